The molecule has 1 aromatic rings. The second-order valence-corrected chi connectivity index (χ2v) is 5.32. The molecule has 1 heterocycles. The van der Waals surface area contributed by atoms with Gasteiger partial charge >= 0.3 is 0 Å². The molecule has 0 saturated carbocycles. The molecule has 6 heteroatoms. The van der Waals surface area contributed by atoms with Crippen LogP contribution in [0.25, 0.3) is 0 Å². The minimum atomic E-state index is -0.174. The van der Waals surface area contributed by atoms with E-state index >= 15 is 0 Å². The Balaban J connectivity index is 1.69. The summed E-state index contributed by atoms with van der Waals surface area (Å²) < 4.78 is 5.09. The van der Waals surface area contributed by atoms with E-state index in [1.165, 1.54) is 0 Å². The molecule has 1 saturated heterocycles. The van der Waals surface area contributed by atoms with Crippen molar-refractivity contribution in [1.82, 2.24) is 16.0 Å². The van der Waals surface area contributed by atoms with Crippen LogP contribution in [0, 0.1) is 5.92 Å². The number of amides is 2. The highest BCUT2D eigenvalue weighted by atomic mass is 16.5. The molecular weight excluding hydrogens is 282 g/mol. The molecule has 6 nitrogen and oxygen atoms in total. The summed E-state index contributed by atoms with van der Waals surface area (Å²) >= 11 is 0. The number of ether oxygens (including phenoxy) is 1. The Hall–Kier alpha value is -2.08. The summed E-state index contributed by atoms with van der Waals surface area (Å²) in [6.45, 7) is 2.56. The normalized spacial score (nSPS) is 17.6. The summed E-state index contributed by atoms with van der Waals surface area (Å²) in [5, 5.41) is 8.86. The maximum atomic E-state index is 12.0. The molecule has 0 aliphatic carbocycles. The second-order valence-electron chi connectivity index (χ2n) is 5.32. The first-order valence-corrected chi connectivity index (χ1v) is 7.61. The van der Waals surface area contributed by atoms with Crippen molar-refractivity contribution in [3.63, 3.8) is 0 Å². The van der Waals surface area contributed by atoms with Crippen LogP contribution in [-0.4, -0.2) is 45.1 Å². The summed E-state index contributed by atoms with van der Waals surface area (Å²) in [4.78, 5) is 23.9. The van der Waals surface area contributed by atoms with E-state index in [9.17, 15) is 9.59 Å². The fraction of sp³-hybridized carbons (Fsp3) is 0.500. The van der Waals surface area contributed by atoms with E-state index in [0.29, 0.717) is 24.4 Å². The number of rotatable bonds is 6. The van der Waals surface area contributed by atoms with Gasteiger partial charge in [0.15, 0.2) is 0 Å². The number of piperidine rings is 1. The van der Waals surface area contributed by atoms with Crippen LogP contribution in [0.5, 0.6) is 5.75 Å². The standard InChI is InChI=1S/C16H23N3O3/c1-22-14-6-2-4-12(10-14)15(20)18-8-9-19-16(21)13-5-3-7-17-11-13/h2,4,6,10,13,17H,3,5,7-9,11H2,1H3,(H,18,20)(H,19,21). The maximum absolute atomic E-state index is 12.0. The van der Waals surface area contributed by atoms with Crippen molar-refractivity contribution in [2.45, 2.75) is 12.8 Å². The van der Waals surface area contributed by atoms with Gasteiger partial charge in [-0.15, -0.1) is 0 Å². The Morgan fingerprint density at radius 3 is 2.86 bits per heavy atom. The van der Waals surface area contributed by atoms with Gasteiger partial charge in [0.05, 0.1) is 13.0 Å². The van der Waals surface area contributed by atoms with E-state index in [1.807, 2.05) is 0 Å². The molecule has 1 aromatic carbocycles. The number of hydrogen-bond acceptors (Lipinski definition) is 4. The molecular formula is C16H23N3O3. The van der Waals surface area contributed by atoms with Crippen molar-refractivity contribution < 1.29 is 14.3 Å². The predicted molar refractivity (Wildman–Crippen MR) is 83.9 cm³/mol. The van der Waals surface area contributed by atoms with Crippen molar-refractivity contribution in [3.8, 4) is 5.75 Å². The van der Waals surface area contributed by atoms with Gasteiger partial charge < -0.3 is 20.7 Å². The van der Waals surface area contributed by atoms with Crippen molar-refractivity contribution in [2.75, 3.05) is 33.3 Å². The molecule has 1 aliphatic rings. The summed E-state index contributed by atoms with van der Waals surface area (Å²) in [6, 6.07) is 6.96. The van der Waals surface area contributed by atoms with E-state index in [2.05, 4.69) is 16.0 Å². The Morgan fingerprint density at radius 2 is 2.14 bits per heavy atom. The van der Waals surface area contributed by atoms with Crippen LogP contribution in [0.2, 0.25) is 0 Å². The van der Waals surface area contributed by atoms with Gasteiger partial charge in [-0.05, 0) is 37.6 Å². The average Bonchev–Trinajstić information content (AvgIpc) is 2.59. The molecule has 3 N–H and O–H groups in total. The van der Waals surface area contributed by atoms with Crippen molar-refractivity contribution in [2.24, 2.45) is 5.92 Å². The molecule has 2 rings (SSSR count). The van der Waals surface area contributed by atoms with Crippen LogP contribution < -0.4 is 20.7 Å². The van der Waals surface area contributed by atoms with E-state index in [0.717, 1.165) is 25.9 Å². The van der Waals surface area contributed by atoms with Gasteiger partial charge in [0.25, 0.3) is 5.91 Å². The van der Waals surface area contributed by atoms with Gasteiger partial charge in [0.1, 0.15) is 5.75 Å². The molecule has 2 amide bonds. The Kier molecular flexibility index (Phi) is 6.21. The molecule has 0 bridgehead atoms. The Labute approximate surface area is 130 Å². The Morgan fingerprint density at radius 1 is 1.32 bits per heavy atom. The zero-order valence-corrected chi connectivity index (χ0v) is 12.9. The largest absolute Gasteiger partial charge is 0.497 e. The molecule has 120 valence electrons. The van der Waals surface area contributed by atoms with Gasteiger partial charge in [0, 0.05) is 25.2 Å². The molecule has 1 fully saturated rings. The average molecular weight is 305 g/mol. The van der Waals surface area contributed by atoms with Crippen LogP contribution in [0.1, 0.15) is 23.2 Å². The van der Waals surface area contributed by atoms with E-state index in [1.54, 1.807) is 31.4 Å². The SMILES string of the molecule is COc1cccc(C(=O)NCCNC(=O)C2CCCNC2)c1. The molecule has 22 heavy (non-hydrogen) atoms. The first kappa shape index (κ1) is 16.3. The first-order chi connectivity index (χ1) is 10.7. The van der Waals surface area contributed by atoms with Gasteiger partial charge in [-0.2, -0.15) is 0 Å². The maximum Gasteiger partial charge on any atom is 0.251 e. The lowest BCUT2D eigenvalue weighted by Gasteiger charge is -2.21. The lowest BCUT2D eigenvalue weighted by Crippen LogP contribution is -2.42. The molecule has 0 aromatic heterocycles. The highest BCUT2D eigenvalue weighted by molar-refractivity contribution is 5.94. The zero-order chi connectivity index (χ0) is 15.8. The lowest BCUT2D eigenvalue weighted by atomic mass is 9.99. The predicted octanol–water partition coefficient (Wildman–Crippen LogP) is 0.541. The summed E-state index contributed by atoms with van der Waals surface area (Å²) in [6.07, 6.45) is 1.96. The van der Waals surface area contributed by atoms with Crippen molar-refractivity contribution in [1.29, 1.82) is 0 Å². The van der Waals surface area contributed by atoms with Crippen molar-refractivity contribution in [3.05, 3.63) is 29.8 Å². The van der Waals surface area contributed by atoms with Crippen LogP contribution in [-0.2, 0) is 4.79 Å². The number of benzene rings is 1. The molecule has 1 atom stereocenters. The monoisotopic (exact) mass is 305 g/mol. The van der Waals surface area contributed by atoms with Crippen LogP contribution >= 0.6 is 0 Å². The zero-order valence-electron chi connectivity index (χ0n) is 12.9. The molecule has 1 unspecified atom stereocenters. The number of nitrogens with one attached hydrogen (secondary N) is 3. The topological polar surface area (TPSA) is 79.5 Å². The number of carbonyl (C=O) groups excluding carboxylic acids is 2. The second kappa shape index (κ2) is 8.38. The fourth-order valence-electron chi connectivity index (χ4n) is 2.45. The molecule has 0 radical (unpaired) electrons. The molecule has 1 aliphatic heterocycles. The highest BCUT2D eigenvalue weighted by Gasteiger charge is 2.20. The van der Waals surface area contributed by atoms with Crippen LogP contribution in [0.15, 0.2) is 24.3 Å². The summed E-state index contributed by atoms with van der Waals surface area (Å²) in [7, 11) is 1.56. The van der Waals surface area contributed by atoms with Crippen molar-refractivity contribution >= 4 is 11.8 Å². The number of carbonyl (C=O) groups is 2. The van der Waals surface area contributed by atoms with E-state index < -0.39 is 0 Å². The van der Waals surface area contributed by atoms with Gasteiger partial charge in [-0.1, -0.05) is 6.07 Å². The fourth-order valence-corrected chi connectivity index (χ4v) is 2.45. The molecule has 0 spiro atoms. The highest BCUT2D eigenvalue weighted by Crippen LogP contribution is 2.12. The van der Waals surface area contributed by atoms with Gasteiger partial charge in [-0.3, -0.25) is 9.59 Å². The van der Waals surface area contributed by atoms with E-state index in [4.69, 9.17) is 4.74 Å². The Bertz CT molecular complexity index is 513. The van der Waals surface area contributed by atoms with Gasteiger partial charge in [0.2, 0.25) is 5.91 Å². The van der Waals surface area contributed by atoms with Gasteiger partial charge in [-0.25, -0.2) is 0 Å². The minimum absolute atomic E-state index is 0.0443. The smallest absolute Gasteiger partial charge is 0.251 e. The third-order valence-electron chi connectivity index (χ3n) is 3.71. The third kappa shape index (κ3) is 4.73. The first-order valence-electron chi connectivity index (χ1n) is 7.61. The third-order valence-corrected chi connectivity index (χ3v) is 3.71. The quantitative estimate of drug-likeness (QED) is 0.670. The summed E-state index contributed by atoms with van der Waals surface area (Å²) in [5.41, 5.74) is 0.544. The summed E-state index contributed by atoms with van der Waals surface area (Å²) in [5.74, 6) is 0.573. The van der Waals surface area contributed by atoms with Crippen LogP contribution in [0.3, 0.4) is 0 Å². The van der Waals surface area contributed by atoms with Crippen LogP contribution in [0.4, 0.5) is 0 Å². The van der Waals surface area contributed by atoms with E-state index in [-0.39, 0.29) is 17.7 Å². The number of methoxy groups -OCH3 is 1. The number of hydrogen-bond donors (Lipinski definition) is 3. The lowest BCUT2D eigenvalue weighted by molar-refractivity contribution is -0.125. The minimum Gasteiger partial charge on any atom is -0.497 e.